The predicted octanol–water partition coefficient (Wildman–Crippen LogP) is 18.0. The van der Waals surface area contributed by atoms with Crippen molar-refractivity contribution >= 4 is 17.9 Å². The van der Waals surface area contributed by atoms with Gasteiger partial charge in [-0.25, -0.2) is 0 Å². The summed E-state index contributed by atoms with van der Waals surface area (Å²) in [5.41, 5.74) is 0. The number of hydrogen-bond acceptors (Lipinski definition) is 6. The van der Waals surface area contributed by atoms with Gasteiger partial charge in [0.25, 0.3) is 0 Å². The molecule has 0 rings (SSSR count). The normalized spacial score (nSPS) is 12.7. The molecule has 372 valence electrons. The van der Waals surface area contributed by atoms with E-state index in [2.05, 4.69) is 106 Å². The van der Waals surface area contributed by atoms with Crippen LogP contribution in [0.15, 0.2) is 85.1 Å². The Bertz CT molecular complexity index is 1270. The second-order valence-corrected chi connectivity index (χ2v) is 17.8. The van der Waals surface area contributed by atoms with Gasteiger partial charge in [-0.3, -0.25) is 14.4 Å². The summed E-state index contributed by atoms with van der Waals surface area (Å²) in [6, 6.07) is 0. The average Bonchev–Trinajstić information content (AvgIpc) is 3.30. The van der Waals surface area contributed by atoms with E-state index in [4.69, 9.17) is 14.2 Å². The van der Waals surface area contributed by atoms with Crippen LogP contribution in [0, 0.1) is 0 Å². The molecular formula is C59H100O6. The van der Waals surface area contributed by atoms with Crippen LogP contribution < -0.4 is 0 Å². The van der Waals surface area contributed by atoms with Crippen molar-refractivity contribution in [2.24, 2.45) is 0 Å². The maximum atomic E-state index is 12.8. The van der Waals surface area contributed by atoms with Gasteiger partial charge in [-0.2, -0.15) is 0 Å². The van der Waals surface area contributed by atoms with Crippen molar-refractivity contribution in [2.45, 2.75) is 258 Å². The quantitative estimate of drug-likeness (QED) is 0.0262. The molecule has 6 heteroatoms. The Morgan fingerprint density at radius 1 is 0.323 bits per heavy atom. The molecule has 0 aliphatic heterocycles. The minimum absolute atomic E-state index is 0.100. The van der Waals surface area contributed by atoms with Crippen molar-refractivity contribution in [3.8, 4) is 0 Å². The highest BCUT2D eigenvalue weighted by molar-refractivity contribution is 5.71. The summed E-state index contributed by atoms with van der Waals surface area (Å²) in [6.07, 6.45) is 68.5. The van der Waals surface area contributed by atoms with E-state index in [1.165, 1.54) is 103 Å². The molecule has 65 heavy (non-hydrogen) atoms. The Kier molecular flexibility index (Phi) is 50.4. The van der Waals surface area contributed by atoms with E-state index in [-0.39, 0.29) is 31.1 Å². The number of hydrogen-bond donors (Lipinski definition) is 0. The molecule has 0 saturated carbocycles. The van der Waals surface area contributed by atoms with Gasteiger partial charge in [0.1, 0.15) is 13.2 Å². The number of rotatable bonds is 48. The zero-order valence-corrected chi connectivity index (χ0v) is 42.5. The monoisotopic (exact) mass is 905 g/mol. The average molecular weight is 905 g/mol. The maximum absolute atomic E-state index is 12.8. The predicted molar refractivity (Wildman–Crippen MR) is 279 cm³/mol. The van der Waals surface area contributed by atoms with Crippen LogP contribution in [-0.4, -0.2) is 37.2 Å². The third kappa shape index (κ3) is 51.4. The van der Waals surface area contributed by atoms with Crippen molar-refractivity contribution in [2.75, 3.05) is 13.2 Å². The van der Waals surface area contributed by atoms with Crippen molar-refractivity contribution in [3.05, 3.63) is 85.1 Å². The second-order valence-electron chi connectivity index (χ2n) is 17.8. The Labute approximate surface area is 401 Å². The lowest BCUT2D eigenvalue weighted by atomic mass is 10.0. The summed E-state index contributed by atoms with van der Waals surface area (Å²) in [4.78, 5) is 38.0. The van der Waals surface area contributed by atoms with E-state index in [0.29, 0.717) is 19.3 Å². The Balaban J connectivity index is 4.48. The molecule has 6 nitrogen and oxygen atoms in total. The molecule has 0 aromatic rings. The Morgan fingerprint density at radius 2 is 0.600 bits per heavy atom. The fourth-order valence-corrected chi connectivity index (χ4v) is 7.32. The van der Waals surface area contributed by atoms with Gasteiger partial charge in [0.15, 0.2) is 6.10 Å². The molecule has 0 saturated heterocycles. The first-order valence-electron chi connectivity index (χ1n) is 27.1. The summed E-state index contributed by atoms with van der Waals surface area (Å²) in [5.74, 6) is -0.958. The first-order chi connectivity index (χ1) is 32.0. The third-order valence-corrected chi connectivity index (χ3v) is 11.4. The number of esters is 3. The highest BCUT2D eigenvalue weighted by atomic mass is 16.6. The van der Waals surface area contributed by atoms with Crippen LogP contribution in [0.25, 0.3) is 0 Å². The highest BCUT2D eigenvalue weighted by Crippen LogP contribution is 2.15. The highest BCUT2D eigenvalue weighted by Gasteiger charge is 2.19. The smallest absolute Gasteiger partial charge is 0.306 e. The summed E-state index contributed by atoms with van der Waals surface area (Å²) in [5, 5.41) is 0. The fourth-order valence-electron chi connectivity index (χ4n) is 7.32. The van der Waals surface area contributed by atoms with E-state index < -0.39 is 6.10 Å². The summed E-state index contributed by atoms with van der Waals surface area (Å²) < 4.78 is 16.8. The number of allylic oxidation sites excluding steroid dienone is 14. The zero-order valence-electron chi connectivity index (χ0n) is 42.5. The molecule has 0 aromatic heterocycles. The van der Waals surface area contributed by atoms with Crippen molar-refractivity contribution in [3.63, 3.8) is 0 Å². The minimum Gasteiger partial charge on any atom is -0.462 e. The molecule has 0 N–H and O–H groups in total. The Morgan fingerprint density at radius 3 is 1.00 bits per heavy atom. The molecule has 0 fully saturated rings. The molecule has 0 heterocycles. The van der Waals surface area contributed by atoms with Gasteiger partial charge in [-0.1, -0.05) is 221 Å². The molecule has 0 aromatic carbocycles. The van der Waals surface area contributed by atoms with Gasteiger partial charge in [-0.05, 0) is 96.3 Å². The van der Waals surface area contributed by atoms with Gasteiger partial charge in [0.05, 0.1) is 0 Å². The Hall–Kier alpha value is -3.41. The van der Waals surface area contributed by atoms with E-state index in [9.17, 15) is 14.4 Å². The second kappa shape index (κ2) is 53.2. The lowest BCUT2D eigenvalue weighted by Crippen LogP contribution is -2.30. The van der Waals surface area contributed by atoms with Crippen molar-refractivity contribution < 1.29 is 28.6 Å². The van der Waals surface area contributed by atoms with Gasteiger partial charge in [0.2, 0.25) is 0 Å². The van der Waals surface area contributed by atoms with E-state index in [0.717, 1.165) is 109 Å². The van der Waals surface area contributed by atoms with Gasteiger partial charge in [-0.15, -0.1) is 0 Å². The van der Waals surface area contributed by atoms with Crippen LogP contribution in [0.3, 0.4) is 0 Å². The molecule has 0 radical (unpaired) electrons. The van der Waals surface area contributed by atoms with Gasteiger partial charge < -0.3 is 14.2 Å². The van der Waals surface area contributed by atoms with E-state index >= 15 is 0 Å². The molecule has 1 atom stereocenters. The van der Waals surface area contributed by atoms with Crippen molar-refractivity contribution in [1.29, 1.82) is 0 Å². The lowest BCUT2D eigenvalue weighted by molar-refractivity contribution is -0.167. The number of carbonyl (C=O) groups excluding carboxylic acids is 3. The van der Waals surface area contributed by atoms with E-state index in [1.54, 1.807) is 0 Å². The molecule has 0 aliphatic rings. The minimum atomic E-state index is -0.801. The first-order valence-corrected chi connectivity index (χ1v) is 27.1. The molecule has 0 spiro atoms. The number of carbonyl (C=O) groups is 3. The summed E-state index contributed by atoms with van der Waals surface area (Å²) in [6.45, 7) is 6.45. The standard InChI is InChI=1S/C59H100O6/c1-4-7-10-13-16-19-22-25-28-29-32-34-37-40-43-46-49-52-58(61)64-55-56(65-59(62)53-50-47-44-41-38-35-31-27-24-21-18-15-12-9-6-3)54-63-57(60)51-48-45-42-39-36-33-30-26-23-20-17-14-11-8-5-2/h8,11,16-17,19-20,25-26,28,30,32,34,36,39,56H,4-7,9-10,12-15,18,21-24,27,29,31,33,35,37-38,40-55H2,1-3H3/b11-8-,19-16-,20-17-,28-25-,30-26-,34-32-,39-36-/t56-/m1/s1. The molecular weight excluding hydrogens is 805 g/mol. The molecule has 0 unspecified atom stereocenters. The number of ether oxygens (including phenoxy) is 3. The SMILES string of the molecule is CC/C=C\C/C=C\C/C=C\C/C=C\CCCCC(=O)OC[C@H](COC(=O)CCCCCC/C=C\C/C=C\C/C=C\CCCCC)OC(=O)CCCCCCCCCCCCCCCCC. The van der Waals surface area contributed by atoms with Gasteiger partial charge in [0, 0.05) is 19.3 Å². The zero-order chi connectivity index (χ0) is 47.2. The largest absolute Gasteiger partial charge is 0.462 e. The van der Waals surface area contributed by atoms with Crippen LogP contribution >= 0.6 is 0 Å². The van der Waals surface area contributed by atoms with Crippen LogP contribution in [0.2, 0.25) is 0 Å². The first kappa shape index (κ1) is 61.6. The molecule has 0 bridgehead atoms. The fraction of sp³-hybridized carbons (Fsp3) is 0.712. The van der Waals surface area contributed by atoms with Gasteiger partial charge >= 0.3 is 17.9 Å². The third-order valence-electron chi connectivity index (χ3n) is 11.4. The van der Waals surface area contributed by atoms with Crippen LogP contribution in [0.5, 0.6) is 0 Å². The number of unbranched alkanes of at least 4 members (excludes halogenated alkanes) is 23. The van der Waals surface area contributed by atoms with Crippen molar-refractivity contribution in [1.82, 2.24) is 0 Å². The topological polar surface area (TPSA) is 78.9 Å². The maximum Gasteiger partial charge on any atom is 0.306 e. The molecule has 0 aliphatic carbocycles. The van der Waals surface area contributed by atoms with Crippen LogP contribution in [-0.2, 0) is 28.6 Å². The molecule has 0 amide bonds. The summed E-state index contributed by atoms with van der Waals surface area (Å²) in [7, 11) is 0. The van der Waals surface area contributed by atoms with Crippen LogP contribution in [0.4, 0.5) is 0 Å². The van der Waals surface area contributed by atoms with Crippen LogP contribution in [0.1, 0.15) is 252 Å². The summed E-state index contributed by atoms with van der Waals surface area (Å²) >= 11 is 0. The lowest BCUT2D eigenvalue weighted by Gasteiger charge is -2.18. The van der Waals surface area contributed by atoms with E-state index in [1.807, 2.05) is 0 Å².